The molecule has 3 aromatic rings. The average Bonchev–Trinajstić information content (AvgIpc) is 3.07. The summed E-state index contributed by atoms with van der Waals surface area (Å²) < 4.78 is 0. The summed E-state index contributed by atoms with van der Waals surface area (Å²) in [7, 11) is 0. The van der Waals surface area contributed by atoms with Gasteiger partial charge in [-0.25, -0.2) is 9.97 Å². The predicted molar refractivity (Wildman–Crippen MR) is 114 cm³/mol. The van der Waals surface area contributed by atoms with E-state index in [4.69, 9.17) is 4.98 Å². The molecule has 5 nitrogen and oxygen atoms in total. The lowest BCUT2D eigenvalue weighted by molar-refractivity contribution is 0.0699. The second-order valence-corrected chi connectivity index (χ2v) is 8.09. The van der Waals surface area contributed by atoms with Gasteiger partial charge in [-0.1, -0.05) is 30.3 Å². The number of benzene rings is 1. The Hall–Kier alpha value is -2.95. The van der Waals surface area contributed by atoms with Crippen molar-refractivity contribution in [3.05, 3.63) is 82.2 Å². The van der Waals surface area contributed by atoms with E-state index in [0.717, 1.165) is 54.1 Å². The number of rotatable bonds is 4. The van der Waals surface area contributed by atoms with E-state index < -0.39 is 0 Å². The Bertz CT molecular complexity index is 1010. The van der Waals surface area contributed by atoms with Gasteiger partial charge in [0, 0.05) is 37.3 Å². The predicted octanol–water partition coefficient (Wildman–Crippen LogP) is 4.34. The maximum atomic E-state index is 13.1. The minimum Gasteiger partial charge on any atom is -0.354 e. The zero-order chi connectivity index (χ0) is 20.4. The molecule has 29 heavy (non-hydrogen) atoms. The summed E-state index contributed by atoms with van der Waals surface area (Å²) in [6.45, 7) is 7.42. The zero-order valence-electron chi connectivity index (χ0n) is 17.4. The number of likely N-dealkylation sites (tertiary alicyclic amines) is 1. The molecular weight excluding hydrogens is 360 g/mol. The van der Waals surface area contributed by atoms with Gasteiger partial charge in [-0.05, 0) is 56.4 Å². The van der Waals surface area contributed by atoms with Gasteiger partial charge in [0.15, 0.2) is 0 Å². The van der Waals surface area contributed by atoms with Crippen LogP contribution in [0.1, 0.15) is 63.2 Å². The van der Waals surface area contributed by atoms with Crippen LogP contribution in [0.5, 0.6) is 0 Å². The number of H-pyrrole nitrogens is 1. The lowest BCUT2D eigenvalue weighted by Gasteiger charge is -2.33. The fraction of sp³-hybridized carbons (Fsp3) is 0.375. The summed E-state index contributed by atoms with van der Waals surface area (Å²) in [6.07, 6.45) is 4.81. The molecule has 4 rings (SSSR count). The molecule has 0 radical (unpaired) electrons. The van der Waals surface area contributed by atoms with Crippen LogP contribution in [0.25, 0.3) is 0 Å². The lowest BCUT2D eigenvalue weighted by Crippen LogP contribution is -2.40. The molecule has 1 amide bonds. The molecule has 1 fully saturated rings. The van der Waals surface area contributed by atoms with Gasteiger partial charge >= 0.3 is 0 Å². The highest BCUT2D eigenvalue weighted by molar-refractivity contribution is 5.94. The summed E-state index contributed by atoms with van der Waals surface area (Å²) in [5, 5.41) is 0. The maximum Gasteiger partial charge on any atom is 0.270 e. The fourth-order valence-corrected chi connectivity index (χ4v) is 4.31. The number of amides is 1. The summed E-state index contributed by atoms with van der Waals surface area (Å²) in [5.74, 6) is 1.12. The van der Waals surface area contributed by atoms with Crippen molar-refractivity contribution in [2.24, 2.45) is 0 Å². The fourth-order valence-electron chi connectivity index (χ4n) is 4.31. The van der Waals surface area contributed by atoms with Crippen molar-refractivity contribution < 1.29 is 4.79 Å². The SMILES string of the molecule is Cc1ncc(Cc2ccccc2)c([C@H]2CCCN(C(=O)c3[nH]c(C)cc3C)C2)n1. The van der Waals surface area contributed by atoms with Crippen molar-refractivity contribution in [2.45, 2.75) is 46.0 Å². The number of aromatic amines is 1. The number of hydrogen-bond acceptors (Lipinski definition) is 3. The molecule has 5 heteroatoms. The molecule has 0 bridgehead atoms. The quantitative estimate of drug-likeness (QED) is 0.723. The van der Waals surface area contributed by atoms with Crippen molar-refractivity contribution in [1.82, 2.24) is 19.9 Å². The number of nitrogens with zero attached hydrogens (tertiary/aromatic N) is 3. The second-order valence-electron chi connectivity index (χ2n) is 8.09. The molecule has 0 spiro atoms. The molecule has 1 aliphatic heterocycles. The van der Waals surface area contributed by atoms with Crippen LogP contribution >= 0.6 is 0 Å². The number of nitrogens with one attached hydrogen (secondary N) is 1. The van der Waals surface area contributed by atoms with E-state index in [1.165, 1.54) is 5.56 Å². The minimum atomic E-state index is 0.0932. The molecule has 150 valence electrons. The van der Waals surface area contributed by atoms with E-state index in [1.807, 2.05) is 44.0 Å². The average molecular weight is 389 g/mol. The standard InChI is InChI=1S/C24H28N4O/c1-16-12-17(2)26-22(16)24(29)28-11-7-10-20(15-28)23-21(14-25-18(3)27-23)13-19-8-5-4-6-9-19/h4-6,8-9,12,14,20,26H,7,10-11,13,15H2,1-3H3/t20-/m0/s1. The van der Waals surface area contributed by atoms with Gasteiger partial charge in [0.05, 0.1) is 5.69 Å². The van der Waals surface area contributed by atoms with Crippen molar-refractivity contribution in [3.63, 3.8) is 0 Å². The summed E-state index contributed by atoms with van der Waals surface area (Å²) in [5.41, 5.74) is 6.26. The van der Waals surface area contributed by atoms with Gasteiger partial charge in [0.1, 0.15) is 11.5 Å². The monoisotopic (exact) mass is 388 g/mol. The second kappa shape index (κ2) is 8.19. The Balaban J connectivity index is 1.59. The number of carbonyl (C=O) groups is 1. The highest BCUT2D eigenvalue weighted by Gasteiger charge is 2.29. The molecule has 2 aromatic heterocycles. The molecular formula is C24H28N4O. The Kier molecular flexibility index (Phi) is 5.47. The Labute approximate surface area is 172 Å². The number of aryl methyl sites for hydroxylation is 3. The highest BCUT2D eigenvalue weighted by atomic mass is 16.2. The lowest BCUT2D eigenvalue weighted by atomic mass is 9.90. The van der Waals surface area contributed by atoms with Crippen molar-refractivity contribution in [2.75, 3.05) is 13.1 Å². The smallest absolute Gasteiger partial charge is 0.270 e. The van der Waals surface area contributed by atoms with Crippen LogP contribution in [0, 0.1) is 20.8 Å². The molecule has 1 atom stereocenters. The van der Waals surface area contributed by atoms with Gasteiger partial charge in [-0.15, -0.1) is 0 Å². The third-order valence-electron chi connectivity index (χ3n) is 5.71. The van der Waals surface area contributed by atoms with E-state index >= 15 is 0 Å². The molecule has 0 saturated carbocycles. The molecule has 0 aliphatic carbocycles. The maximum absolute atomic E-state index is 13.1. The minimum absolute atomic E-state index is 0.0932. The van der Waals surface area contributed by atoms with Crippen molar-refractivity contribution in [3.8, 4) is 0 Å². The van der Waals surface area contributed by atoms with E-state index in [-0.39, 0.29) is 11.8 Å². The number of carbonyl (C=O) groups excluding carboxylic acids is 1. The molecule has 1 saturated heterocycles. The summed E-state index contributed by atoms with van der Waals surface area (Å²) >= 11 is 0. The van der Waals surface area contributed by atoms with E-state index in [1.54, 1.807) is 0 Å². The normalized spacial score (nSPS) is 16.8. The first kappa shape index (κ1) is 19.4. The van der Waals surface area contributed by atoms with Gasteiger partial charge in [0.2, 0.25) is 0 Å². The largest absolute Gasteiger partial charge is 0.354 e. The summed E-state index contributed by atoms with van der Waals surface area (Å²) in [4.78, 5) is 27.6. The van der Waals surface area contributed by atoms with Crippen LogP contribution in [0.15, 0.2) is 42.6 Å². The highest BCUT2D eigenvalue weighted by Crippen LogP contribution is 2.30. The van der Waals surface area contributed by atoms with Crippen LogP contribution < -0.4 is 0 Å². The van der Waals surface area contributed by atoms with Crippen LogP contribution in [0.4, 0.5) is 0 Å². The Morgan fingerprint density at radius 2 is 2.00 bits per heavy atom. The third kappa shape index (κ3) is 4.24. The van der Waals surface area contributed by atoms with Crippen LogP contribution in [-0.4, -0.2) is 38.8 Å². The van der Waals surface area contributed by atoms with Crippen LogP contribution in [0.2, 0.25) is 0 Å². The van der Waals surface area contributed by atoms with Crippen molar-refractivity contribution >= 4 is 5.91 Å². The first-order valence-electron chi connectivity index (χ1n) is 10.3. The van der Waals surface area contributed by atoms with Gasteiger partial charge in [0.25, 0.3) is 5.91 Å². The molecule has 1 aliphatic rings. The van der Waals surface area contributed by atoms with E-state index in [0.29, 0.717) is 12.2 Å². The van der Waals surface area contributed by atoms with E-state index in [9.17, 15) is 4.79 Å². The van der Waals surface area contributed by atoms with E-state index in [2.05, 4.69) is 34.2 Å². The number of hydrogen-bond donors (Lipinski definition) is 1. The van der Waals surface area contributed by atoms with Crippen LogP contribution in [0.3, 0.4) is 0 Å². The molecule has 3 heterocycles. The first-order valence-corrected chi connectivity index (χ1v) is 10.3. The topological polar surface area (TPSA) is 61.9 Å². The Morgan fingerprint density at radius 1 is 1.21 bits per heavy atom. The molecule has 0 unspecified atom stereocenters. The van der Waals surface area contributed by atoms with Gasteiger partial charge < -0.3 is 9.88 Å². The first-order chi connectivity index (χ1) is 14.0. The number of piperidine rings is 1. The molecule has 1 N–H and O–H groups in total. The number of aromatic nitrogens is 3. The van der Waals surface area contributed by atoms with Gasteiger partial charge in [-0.2, -0.15) is 0 Å². The third-order valence-corrected chi connectivity index (χ3v) is 5.71. The Morgan fingerprint density at radius 3 is 2.72 bits per heavy atom. The van der Waals surface area contributed by atoms with Crippen LogP contribution in [-0.2, 0) is 6.42 Å². The summed E-state index contributed by atoms with van der Waals surface area (Å²) in [6, 6.07) is 12.5. The van der Waals surface area contributed by atoms with Gasteiger partial charge in [-0.3, -0.25) is 4.79 Å². The zero-order valence-corrected chi connectivity index (χ0v) is 17.4. The molecule has 1 aromatic carbocycles. The van der Waals surface area contributed by atoms with Crippen molar-refractivity contribution in [1.29, 1.82) is 0 Å².